The van der Waals surface area contributed by atoms with Crippen molar-refractivity contribution in [3.05, 3.63) is 92.3 Å². The van der Waals surface area contributed by atoms with E-state index in [1.807, 2.05) is 50.2 Å². The SMILES string of the molecule is Cc1ccc(COc2ccc(/C=N/NC(=O)Cn3cnc4sc(C)c(C)c4c3=O)cc2)cc1. The van der Waals surface area contributed by atoms with Gasteiger partial charge in [-0.15, -0.1) is 11.3 Å². The summed E-state index contributed by atoms with van der Waals surface area (Å²) in [4.78, 5) is 31.0. The molecular formula is C25H24N4O3S. The Morgan fingerprint density at radius 3 is 2.58 bits per heavy atom. The summed E-state index contributed by atoms with van der Waals surface area (Å²) in [5, 5.41) is 4.55. The maximum atomic E-state index is 12.7. The van der Waals surface area contributed by atoms with Crippen LogP contribution in [0.15, 0.2) is 64.8 Å². The van der Waals surface area contributed by atoms with Crippen molar-refractivity contribution in [2.24, 2.45) is 5.10 Å². The van der Waals surface area contributed by atoms with Crippen molar-refractivity contribution in [3.8, 4) is 5.75 Å². The van der Waals surface area contributed by atoms with Gasteiger partial charge < -0.3 is 4.74 Å². The zero-order chi connectivity index (χ0) is 23.4. The zero-order valence-corrected chi connectivity index (χ0v) is 19.5. The molecule has 0 aliphatic carbocycles. The average Bonchev–Trinajstić information content (AvgIpc) is 3.10. The van der Waals surface area contributed by atoms with E-state index < -0.39 is 5.91 Å². The highest BCUT2D eigenvalue weighted by molar-refractivity contribution is 7.18. The van der Waals surface area contributed by atoms with E-state index in [0.29, 0.717) is 16.8 Å². The molecule has 1 N–H and O–H groups in total. The second kappa shape index (κ2) is 9.79. The first kappa shape index (κ1) is 22.4. The fourth-order valence-corrected chi connectivity index (χ4v) is 4.24. The van der Waals surface area contributed by atoms with Gasteiger partial charge in [-0.3, -0.25) is 14.2 Å². The van der Waals surface area contributed by atoms with Gasteiger partial charge in [-0.1, -0.05) is 29.8 Å². The van der Waals surface area contributed by atoms with E-state index in [9.17, 15) is 9.59 Å². The van der Waals surface area contributed by atoms with Gasteiger partial charge in [0.25, 0.3) is 11.5 Å². The molecule has 0 saturated carbocycles. The van der Waals surface area contributed by atoms with Gasteiger partial charge in [0.15, 0.2) is 0 Å². The molecule has 0 bridgehead atoms. The second-order valence-electron chi connectivity index (χ2n) is 7.78. The standard InChI is InChI=1S/C25H24N4O3S/c1-16-4-6-20(7-5-16)14-32-21-10-8-19(9-11-21)12-27-28-22(30)13-29-15-26-24-23(25(29)31)17(2)18(3)33-24/h4-12,15H,13-14H2,1-3H3,(H,28,30)/b27-12+. The first-order chi connectivity index (χ1) is 15.9. The van der Waals surface area contributed by atoms with Crippen LogP contribution in [0.2, 0.25) is 0 Å². The van der Waals surface area contributed by atoms with Crippen molar-refractivity contribution in [2.75, 3.05) is 0 Å². The van der Waals surface area contributed by atoms with Gasteiger partial charge in [-0.2, -0.15) is 5.10 Å². The van der Waals surface area contributed by atoms with Crippen LogP contribution in [0, 0.1) is 20.8 Å². The van der Waals surface area contributed by atoms with Gasteiger partial charge in [0, 0.05) is 4.88 Å². The fourth-order valence-electron chi connectivity index (χ4n) is 3.25. The number of hydrazone groups is 1. The molecule has 8 heteroatoms. The Labute approximate surface area is 195 Å². The summed E-state index contributed by atoms with van der Waals surface area (Å²) in [6.45, 7) is 6.24. The number of carbonyl (C=O) groups is 1. The van der Waals surface area contributed by atoms with E-state index in [1.165, 1.54) is 34.0 Å². The molecule has 168 valence electrons. The molecule has 7 nitrogen and oxygen atoms in total. The van der Waals surface area contributed by atoms with Crippen LogP contribution in [0.4, 0.5) is 0 Å². The molecule has 2 aromatic carbocycles. The third-order valence-electron chi connectivity index (χ3n) is 5.28. The van der Waals surface area contributed by atoms with Crippen LogP contribution in [0.1, 0.15) is 27.1 Å². The van der Waals surface area contributed by atoms with Crippen molar-refractivity contribution in [1.29, 1.82) is 0 Å². The van der Waals surface area contributed by atoms with E-state index in [2.05, 4.69) is 34.6 Å². The number of benzene rings is 2. The number of carbonyl (C=O) groups excluding carboxylic acids is 1. The van der Waals surface area contributed by atoms with Gasteiger partial charge in [0.2, 0.25) is 0 Å². The number of aromatic nitrogens is 2. The van der Waals surface area contributed by atoms with E-state index in [4.69, 9.17) is 4.74 Å². The summed E-state index contributed by atoms with van der Waals surface area (Å²) >= 11 is 1.48. The maximum absolute atomic E-state index is 12.7. The summed E-state index contributed by atoms with van der Waals surface area (Å²) < 4.78 is 7.09. The Morgan fingerprint density at radius 2 is 1.85 bits per heavy atom. The first-order valence-corrected chi connectivity index (χ1v) is 11.3. The molecule has 2 aromatic heterocycles. The molecule has 0 aliphatic heterocycles. The minimum atomic E-state index is -0.405. The number of fused-ring (bicyclic) bond motifs is 1. The zero-order valence-electron chi connectivity index (χ0n) is 18.7. The number of hydrogen-bond donors (Lipinski definition) is 1. The lowest BCUT2D eigenvalue weighted by Gasteiger charge is -2.07. The second-order valence-corrected chi connectivity index (χ2v) is 8.98. The third kappa shape index (κ3) is 5.35. The normalized spacial score (nSPS) is 11.2. The molecule has 4 aromatic rings. The summed E-state index contributed by atoms with van der Waals surface area (Å²) in [6, 6.07) is 15.6. The molecule has 0 atom stereocenters. The predicted octanol–water partition coefficient (Wildman–Crippen LogP) is 4.11. The molecule has 0 unspecified atom stereocenters. The van der Waals surface area contributed by atoms with Gasteiger partial charge in [0.05, 0.1) is 17.9 Å². The van der Waals surface area contributed by atoms with Crippen molar-refractivity contribution in [3.63, 3.8) is 0 Å². The number of rotatable bonds is 7. The van der Waals surface area contributed by atoms with Crippen molar-refractivity contribution in [2.45, 2.75) is 33.9 Å². The van der Waals surface area contributed by atoms with Crippen LogP contribution in [0.25, 0.3) is 10.2 Å². The Kier molecular flexibility index (Phi) is 6.65. The Hall–Kier alpha value is -3.78. The molecule has 0 aliphatic rings. The number of aryl methyl sites for hydroxylation is 3. The molecule has 33 heavy (non-hydrogen) atoms. The molecule has 2 heterocycles. The van der Waals surface area contributed by atoms with Gasteiger partial charge in [0.1, 0.15) is 23.7 Å². The van der Waals surface area contributed by atoms with Crippen molar-refractivity contribution < 1.29 is 9.53 Å². The number of nitrogens with one attached hydrogen (secondary N) is 1. The minimum Gasteiger partial charge on any atom is -0.489 e. The first-order valence-electron chi connectivity index (χ1n) is 10.5. The number of hydrogen-bond acceptors (Lipinski definition) is 6. The van der Waals surface area contributed by atoms with Crippen LogP contribution in [-0.4, -0.2) is 21.7 Å². The van der Waals surface area contributed by atoms with Crippen molar-refractivity contribution in [1.82, 2.24) is 15.0 Å². The highest BCUT2D eigenvalue weighted by Gasteiger charge is 2.13. The summed E-state index contributed by atoms with van der Waals surface area (Å²) in [5.74, 6) is 0.343. The topological polar surface area (TPSA) is 85.6 Å². The number of amides is 1. The van der Waals surface area contributed by atoms with E-state index >= 15 is 0 Å². The fraction of sp³-hybridized carbons (Fsp3) is 0.200. The minimum absolute atomic E-state index is 0.154. The monoisotopic (exact) mass is 460 g/mol. The van der Waals surface area contributed by atoms with E-state index in [-0.39, 0.29) is 12.1 Å². The van der Waals surface area contributed by atoms with Crippen LogP contribution in [0.3, 0.4) is 0 Å². The van der Waals surface area contributed by atoms with Crippen molar-refractivity contribution >= 4 is 33.7 Å². The molecule has 4 rings (SSSR count). The molecule has 0 spiro atoms. The van der Waals surface area contributed by atoms with E-state index in [1.54, 1.807) is 0 Å². The molecule has 0 fully saturated rings. The van der Waals surface area contributed by atoms with Crippen LogP contribution in [0.5, 0.6) is 5.75 Å². The van der Waals surface area contributed by atoms with E-state index in [0.717, 1.165) is 27.3 Å². The highest BCUT2D eigenvalue weighted by Crippen LogP contribution is 2.25. The van der Waals surface area contributed by atoms with Gasteiger partial charge in [-0.05, 0) is 61.7 Å². The quantitative estimate of drug-likeness (QED) is 0.332. The average molecular weight is 461 g/mol. The van der Waals surface area contributed by atoms with Crippen LogP contribution < -0.4 is 15.7 Å². The Balaban J connectivity index is 1.31. The molecular weight excluding hydrogens is 436 g/mol. The molecule has 0 radical (unpaired) electrons. The maximum Gasteiger partial charge on any atom is 0.262 e. The van der Waals surface area contributed by atoms with Crippen LogP contribution >= 0.6 is 11.3 Å². The van der Waals surface area contributed by atoms with Gasteiger partial charge in [-0.25, -0.2) is 10.4 Å². The number of nitrogens with zero attached hydrogens (tertiary/aromatic N) is 3. The third-order valence-corrected chi connectivity index (χ3v) is 6.39. The lowest BCUT2D eigenvalue weighted by Crippen LogP contribution is -2.30. The summed E-state index contributed by atoms with van der Waals surface area (Å²) in [7, 11) is 0. The number of thiophene rings is 1. The van der Waals surface area contributed by atoms with Crippen LogP contribution in [-0.2, 0) is 17.9 Å². The molecule has 0 saturated heterocycles. The summed E-state index contributed by atoms with van der Waals surface area (Å²) in [6.07, 6.45) is 2.94. The Morgan fingerprint density at radius 1 is 1.12 bits per heavy atom. The molecule has 1 amide bonds. The lowest BCUT2D eigenvalue weighted by atomic mass is 10.2. The van der Waals surface area contributed by atoms with Gasteiger partial charge >= 0.3 is 0 Å². The number of ether oxygens (including phenoxy) is 1. The smallest absolute Gasteiger partial charge is 0.262 e. The lowest BCUT2D eigenvalue weighted by molar-refractivity contribution is -0.121. The Bertz CT molecular complexity index is 1370. The summed E-state index contributed by atoms with van der Waals surface area (Å²) in [5.41, 5.74) is 6.27. The largest absolute Gasteiger partial charge is 0.489 e. The predicted molar refractivity (Wildman–Crippen MR) is 131 cm³/mol. The highest BCUT2D eigenvalue weighted by atomic mass is 32.1.